The topological polar surface area (TPSA) is 209 Å². The molecule has 0 aromatic heterocycles. The number of carbonyl (C=O) groups is 2. The van der Waals surface area contributed by atoms with Gasteiger partial charge in [0.25, 0.3) is 0 Å². The van der Waals surface area contributed by atoms with Crippen LogP contribution in [0.1, 0.15) is 0 Å². The summed E-state index contributed by atoms with van der Waals surface area (Å²) in [4.78, 5) is 29.3. The third-order valence-corrected chi connectivity index (χ3v) is 6.11. The first kappa shape index (κ1) is 30.6. The van der Waals surface area contributed by atoms with Crippen molar-refractivity contribution in [2.24, 2.45) is 0 Å². The average molecular weight is 497 g/mol. The third kappa shape index (κ3) is 10.4. The highest BCUT2D eigenvalue weighted by Crippen LogP contribution is 2.11. The Morgan fingerprint density at radius 2 is 0.853 bits per heavy atom. The summed E-state index contributed by atoms with van der Waals surface area (Å²) in [5, 5.41) is 77.4. The quantitative estimate of drug-likeness (QED) is 0.127. The maximum Gasteiger partial charge on any atom is 0.317 e. The maximum atomic E-state index is 11.3. The third-order valence-electron chi connectivity index (χ3n) is 6.11. The molecule has 4 atom stereocenters. The van der Waals surface area contributed by atoms with Gasteiger partial charge < -0.3 is 40.9 Å². The minimum absolute atomic E-state index is 0.219. The Bertz CT molecular complexity index is 552. The van der Waals surface area contributed by atoms with Crippen LogP contribution in [0.3, 0.4) is 0 Å². The number of aliphatic hydroxyl groups is 6. The monoisotopic (exact) mass is 496 g/mol. The van der Waals surface area contributed by atoms with Gasteiger partial charge in [-0.15, -0.1) is 0 Å². The van der Waals surface area contributed by atoms with Gasteiger partial charge in [0.05, 0.1) is 63.8 Å². The lowest BCUT2D eigenvalue weighted by Crippen LogP contribution is -2.56. The van der Waals surface area contributed by atoms with Crippen LogP contribution in [0.4, 0.5) is 0 Å². The second kappa shape index (κ2) is 16.3. The zero-order chi connectivity index (χ0) is 25.7. The lowest BCUT2D eigenvalue weighted by Gasteiger charge is -2.40. The Hall–Kier alpha value is -1.46. The number of hydrogen-bond acceptors (Lipinski definition) is 12. The fourth-order valence-corrected chi connectivity index (χ4v) is 4.09. The molecule has 0 unspecified atom stereocenters. The van der Waals surface area contributed by atoms with Crippen LogP contribution < -0.4 is 0 Å². The molecule has 1 heterocycles. The predicted molar refractivity (Wildman–Crippen MR) is 119 cm³/mol. The average Bonchev–Trinajstić information content (AvgIpc) is 2.79. The molecule has 1 aliphatic heterocycles. The molecular weight excluding hydrogens is 456 g/mol. The zero-order valence-electron chi connectivity index (χ0n) is 19.4. The van der Waals surface area contributed by atoms with E-state index < -0.39 is 62.7 Å². The molecule has 14 nitrogen and oxygen atoms in total. The highest BCUT2D eigenvalue weighted by molar-refractivity contribution is 5.69. The van der Waals surface area contributed by atoms with Crippen molar-refractivity contribution >= 4 is 11.9 Å². The lowest BCUT2D eigenvalue weighted by atomic mass is 10.1. The molecule has 14 heteroatoms. The van der Waals surface area contributed by atoms with Crippen LogP contribution in [-0.2, 0) is 9.59 Å². The van der Waals surface area contributed by atoms with Gasteiger partial charge >= 0.3 is 11.9 Å². The molecule has 1 saturated heterocycles. The van der Waals surface area contributed by atoms with Crippen molar-refractivity contribution in [1.82, 2.24) is 19.6 Å². The van der Waals surface area contributed by atoms with E-state index in [1.54, 1.807) is 19.6 Å². The van der Waals surface area contributed by atoms with Gasteiger partial charge in [-0.25, -0.2) is 0 Å². The highest BCUT2D eigenvalue weighted by Gasteiger charge is 2.30. The minimum Gasteiger partial charge on any atom is -0.480 e. The van der Waals surface area contributed by atoms with E-state index in [2.05, 4.69) is 0 Å². The van der Waals surface area contributed by atoms with Gasteiger partial charge in [-0.3, -0.25) is 29.2 Å². The summed E-state index contributed by atoms with van der Waals surface area (Å²) < 4.78 is 0. The van der Waals surface area contributed by atoms with Gasteiger partial charge in [0, 0.05) is 52.4 Å². The molecule has 0 amide bonds. The summed E-state index contributed by atoms with van der Waals surface area (Å²) in [7, 11) is 0. The van der Waals surface area contributed by atoms with Gasteiger partial charge in [-0.1, -0.05) is 0 Å². The fourth-order valence-electron chi connectivity index (χ4n) is 4.09. The normalized spacial score (nSPS) is 22.3. The van der Waals surface area contributed by atoms with Crippen LogP contribution in [0.5, 0.6) is 0 Å². The van der Waals surface area contributed by atoms with Crippen LogP contribution in [-0.4, -0.2) is 189 Å². The Kier molecular flexibility index (Phi) is 14.6. The minimum atomic E-state index is -1.25. The SMILES string of the molecule is O=C(O)CN1CCN(CC(=O)O)CCN([C@@H](CO)[C@@H](O)CO)CCN([C@@H](CO)[C@@H](O)CO)CC1. The summed E-state index contributed by atoms with van der Waals surface area (Å²) in [6.45, 7) is -0.763. The van der Waals surface area contributed by atoms with Crippen molar-refractivity contribution in [3.8, 4) is 0 Å². The first-order chi connectivity index (χ1) is 16.2. The first-order valence-corrected chi connectivity index (χ1v) is 11.3. The van der Waals surface area contributed by atoms with Gasteiger partial charge in [0.1, 0.15) is 0 Å². The number of nitrogens with zero attached hydrogens (tertiary/aromatic N) is 4. The van der Waals surface area contributed by atoms with E-state index in [1.807, 2.05) is 0 Å². The van der Waals surface area contributed by atoms with E-state index in [1.165, 1.54) is 0 Å². The van der Waals surface area contributed by atoms with Crippen LogP contribution in [0, 0.1) is 0 Å². The maximum absolute atomic E-state index is 11.3. The van der Waals surface area contributed by atoms with Crippen molar-refractivity contribution in [3.63, 3.8) is 0 Å². The number of carboxylic acid groups (broad SMARTS) is 2. The van der Waals surface area contributed by atoms with Gasteiger partial charge in [-0.05, 0) is 0 Å². The molecule has 0 bridgehead atoms. The molecule has 0 aromatic rings. The summed E-state index contributed by atoms with van der Waals surface area (Å²) in [5.41, 5.74) is 0. The number of carboxylic acids is 2. The molecule has 0 aromatic carbocycles. The van der Waals surface area contributed by atoms with Crippen LogP contribution in [0.25, 0.3) is 0 Å². The van der Waals surface area contributed by atoms with Crippen molar-refractivity contribution in [2.75, 3.05) is 91.9 Å². The summed E-state index contributed by atoms with van der Waals surface area (Å²) in [5.74, 6) is -2.10. The second-order valence-corrected chi connectivity index (χ2v) is 8.41. The zero-order valence-corrected chi connectivity index (χ0v) is 19.4. The van der Waals surface area contributed by atoms with Gasteiger partial charge in [0.2, 0.25) is 0 Å². The molecule has 1 rings (SSSR count). The van der Waals surface area contributed by atoms with Crippen molar-refractivity contribution in [3.05, 3.63) is 0 Å². The molecule has 0 saturated carbocycles. The standard InChI is InChI=1S/C20H40N4O10/c25-11-15(17(29)13-27)23-5-3-21(9-19(31)32)1-2-22(10-20(33)34)4-6-24(8-7-23)16(12-26)18(30)14-28/h15-18,25-30H,1-14H2,(H,31,32)(H,33,34)/t15-,16-,17-,18-/m0/s1. The van der Waals surface area contributed by atoms with Crippen LogP contribution in [0.15, 0.2) is 0 Å². The van der Waals surface area contributed by atoms with E-state index >= 15 is 0 Å². The molecule has 8 N–H and O–H groups in total. The summed E-state index contributed by atoms with van der Waals surface area (Å²) in [6.07, 6.45) is -2.50. The van der Waals surface area contributed by atoms with E-state index in [4.69, 9.17) is 0 Å². The molecule has 200 valence electrons. The first-order valence-electron chi connectivity index (χ1n) is 11.3. The van der Waals surface area contributed by atoms with Gasteiger partial charge in [0.15, 0.2) is 0 Å². The van der Waals surface area contributed by atoms with E-state index in [0.29, 0.717) is 0 Å². The Morgan fingerprint density at radius 1 is 0.559 bits per heavy atom. The van der Waals surface area contributed by atoms with Crippen LogP contribution >= 0.6 is 0 Å². The Labute approximate surface area is 198 Å². The van der Waals surface area contributed by atoms with E-state index in [0.717, 1.165) is 0 Å². The number of aliphatic hydroxyl groups excluding tert-OH is 6. The number of rotatable bonds is 12. The molecular formula is C20H40N4O10. The van der Waals surface area contributed by atoms with Crippen molar-refractivity contribution in [2.45, 2.75) is 24.3 Å². The largest absolute Gasteiger partial charge is 0.480 e. The Morgan fingerprint density at radius 3 is 1.12 bits per heavy atom. The van der Waals surface area contributed by atoms with E-state index in [9.17, 15) is 50.4 Å². The molecule has 0 radical (unpaired) electrons. The smallest absolute Gasteiger partial charge is 0.317 e. The number of aliphatic carboxylic acids is 2. The lowest BCUT2D eigenvalue weighted by molar-refractivity contribution is -0.140. The second-order valence-electron chi connectivity index (χ2n) is 8.41. The van der Waals surface area contributed by atoms with Crippen molar-refractivity contribution < 1.29 is 50.4 Å². The highest BCUT2D eigenvalue weighted by atomic mass is 16.4. The molecule has 34 heavy (non-hydrogen) atoms. The molecule has 1 aliphatic rings. The Balaban J connectivity index is 3.20. The molecule has 0 aliphatic carbocycles. The van der Waals surface area contributed by atoms with Crippen LogP contribution in [0.2, 0.25) is 0 Å². The van der Waals surface area contributed by atoms with Gasteiger partial charge in [-0.2, -0.15) is 0 Å². The fraction of sp³-hybridized carbons (Fsp3) is 0.900. The van der Waals surface area contributed by atoms with Crippen molar-refractivity contribution in [1.29, 1.82) is 0 Å². The summed E-state index contributed by atoms with van der Waals surface area (Å²) >= 11 is 0. The summed E-state index contributed by atoms with van der Waals surface area (Å²) in [6, 6.07) is -1.67. The predicted octanol–water partition coefficient (Wildman–Crippen LogP) is -5.19. The van der Waals surface area contributed by atoms with E-state index in [-0.39, 0.29) is 65.4 Å². The molecule has 1 fully saturated rings. The molecule has 0 spiro atoms. The number of hydrogen-bond donors (Lipinski definition) is 8.